The second-order valence-electron chi connectivity index (χ2n) is 7.06. The fourth-order valence-electron chi connectivity index (χ4n) is 3.63. The van der Waals surface area contributed by atoms with E-state index < -0.39 is 15.6 Å². The van der Waals surface area contributed by atoms with Crippen LogP contribution in [0.1, 0.15) is 52.4 Å². The minimum Gasteiger partial charge on any atom is -0.355 e. The number of rotatable bonds is 10. The van der Waals surface area contributed by atoms with Crippen LogP contribution in [0.15, 0.2) is 28.0 Å². The molecule has 1 aliphatic rings. The summed E-state index contributed by atoms with van der Waals surface area (Å²) in [6.07, 6.45) is 8.52. The van der Waals surface area contributed by atoms with Crippen molar-refractivity contribution in [3.05, 3.63) is 28.7 Å². The molecule has 0 aromatic carbocycles. The average Bonchev–Trinajstić information content (AvgIpc) is 3.15. The summed E-state index contributed by atoms with van der Waals surface area (Å²) in [5, 5.41) is 2.83. The first-order chi connectivity index (χ1) is 12.9. The molecule has 1 heterocycles. The lowest BCUT2D eigenvalue weighted by molar-refractivity contribution is -0.121. The first kappa shape index (κ1) is 21.6. The van der Waals surface area contributed by atoms with Crippen molar-refractivity contribution in [3.63, 3.8) is 0 Å². The van der Waals surface area contributed by atoms with Crippen molar-refractivity contribution in [2.24, 2.45) is 5.92 Å². The Labute approximate surface area is 161 Å². The summed E-state index contributed by atoms with van der Waals surface area (Å²) in [5.74, 6) is 0.507. The molecular formula is C19H31N3O4S. The van der Waals surface area contributed by atoms with Crippen LogP contribution >= 0.6 is 0 Å². The molecule has 1 amide bonds. The predicted molar refractivity (Wildman–Crippen MR) is 105 cm³/mol. The zero-order valence-electron chi connectivity index (χ0n) is 16.3. The third-order valence-corrected chi connectivity index (χ3v) is 7.23. The van der Waals surface area contributed by atoms with Crippen LogP contribution in [0, 0.1) is 5.92 Å². The molecule has 0 radical (unpaired) electrons. The number of hydrogen-bond donors (Lipinski definition) is 1. The number of nitrogens with zero attached hydrogens (tertiary/aromatic N) is 2. The number of nitrogens with one attached hydrogen (secondary N) is 1. The molecule has 0 aliphatic heterocycles. The van der Waals surface area contributed by atoms with Gasteiger partial charge in [-0.15, -0.1) is 0 Å². The molecule has 8 heteroatoms. The summed E-state index contributed by atoms with van der Waals surface area (Å²) in [5.41, 5.74) is -0.394. The quantitative estimate of drug-likeness (QED) is 0.611. The normalized spacial score (nSPS) is 15.4. The number of carbonyl (C=O) groups excluding carboxylic acids is 1. The van der Waals surface area contributed by atoms with Gasteiger partial charge in [0.05, 0.1) is 4.90 Å². The Hall–Kier alpha value is -1.67. The zero-order chi connectivity index (χ0) is 19.9. The van der Waals surface area contributed by atoms with Crippen LogP contribution < -0.4 is 10.9 Å². The van der Waals surface area contributed by atoms with E-state index in [0.717, 1.165) is 23.3 Å². The summed E-state index contributed by atoms with van der Waals surface area (Å²) >= 11 is 0. The van der Waals surface area contributed by atoms with Crippen molar-refractivity contribution in [2.75, 3.05) is 19.6 Å². The molecule has 2 rings (SSSR count). The Morgan fingerprint density at radius 3 is 2.52 bits per heavy atom. The number of carbonyl (C=O) groups is 1. The van der Waals surface area contributed by atoms with Crippen molar-refractivity contribution in [1.29, 1.82) is 0 Å². The molecule has 1 aliphatic carbocycles. The molecular weight excluding hydrogens is 366 g/mol. The lowest BCUT2D eigenvalue weighted by Crippen LogP contribution is -2.34. The lowest BCUT2D eigenvalue weighted by Gasteiger charge is -2.19. The lowest BCUT2D eigenvalue weighted by atomic mass is 10.0. The molecule has 1 N–H and O–H groups in total. The first-order valence-electron chi connectivity index (χ1n) is 9.85. The third kappa shape index (κ3) is 5.90. The highest BCUT2D eigenvalue weighted by atomic mass is 32.2. The van der Waals surface area contributed by atoms with E-state index in [1.807, 2.05) is 0 Å². The van der Waals surface area contributed by atoms with Crippen LogP contribution in [0.4, 0.5) is 0 Å². The van der Waals surface area contributed by atoms with Gasteiger partial charge in [0, 0.05) is 31.9 Å². The second-order valence-corrected chi connectivity index (χ2v) is 9.00. The standard InChI is InChI=1S/C19H31N3O4S/c1-3-22(4-2)27(25,26)17-11-12-19(24)21(14-17)15-18(23)20-13-7-10-16-8-5-6-9-16/h11-12,14,16H,3-10,13,15H2,1-2H3,(H,20,23). The number of sulfonamides is 1. The summed E-state index contributed by atoms with van der Waals surface area (Å²) in [6, 6.07) is 2.50. The molecule has 1 fully saturated rings. The van der Waals surface area contributed by atoms with Gasteiger partial charge in [0.25, 0.3) is 5.56 Å². The smallest absolute Gasteiger partial charge is 0.251 e. The first-order valence-corrected chi connectivity index (χ1v) is 11.3. The fourth-order valence-corrected chi connectivity index (χ4v) is 5.10. The summed E-state index contributed by atoms with van der Waals surface area (Å²) in [4.78, 5) is 24.2. The van der Waals surface area contributed by atoms with E-state index in [1.165, 1.54) is 48.3 Å². The molecule has 1 aromatic heterocycles. The van der Waals surface area contributed by atoms with Gasteiger partial charge in [-0.25, -0.2) is 8.42 Å². The van der Waals surface area contributed by atoms with E-state index in [-0.39, 0.29) is 17.3 Å². The Bertz CT molecular complexity index is 778. The van der Waals surface area contributed by atoms with Gasteiger partial charge in [0.2, 0.25) is 15.9 Å². The fraction of sp³-hybridized carbons (Fsp3) is 0.684. The van der Waals surface area contributed by atoms with E-state index in [0.29, 0.717) is 19.6 Å². The highest BCUT2D eigenvalue weighted by Gasteiger charge is 2.22. The van der Waals surface area contributed by atoms with Crippen molar-refractivity contribution < 1.29 is 13.2 Å². The summed E-state index contributed by atoms with van der Waals surface area (Å²) < 4.78 is 27.7. The Morgan fingerprint density at radius 1 is 1.22 bits per heavy atom. The van der Waals surface area contributed by atoms with E-state index in [2.05, 4.69) is 5.32 Å². The molecule has 0 atom stereocenters. The average molecular weight is 398 g/mol. The number of aromatic nitrogens is 1. The van der Waals surface area contributed by atoms with E-state index in [1.54, 1.807) is 13.8 Å². The number of pyridine rings is 1. The van der Waals surface area contributed by atoms with Crippen LogP contribution in [0.25, 0.3) is 0 Å². The van der Waals surface area contributed by atoms with Gasteiger partial charge in [-0.1, -0.05) is 39.5 Å². The Kier molecular flexibility index (Phi) is 8.04. The van der Waals surface area contributed by atoms with Gasteiger partial charge in [0.15, 0.2) is 0 Å². The third-order valence-electron chi connectivity index (χ3n) is 5.20. The van der Waals surface area contributed by atoms with Gasteiger partial charge in [-0.05, 0) is 24.8 Å². The van der Waals surface area contributed by atoms with Crippen LogP contribution in [-0.4, -0.2) is 42.8 Å². The topological polar surface area (TPSA) is 88.5 Å². The second kappa shape index (κ2) is 10.0. The van der Waals surface area contributed by atoms with Gasteiger partial charge in [-0.3, -0.25) is 9.59 Å². The molecule has 0 spiro atoms. The van der Waals surface area contributed by atoms with Crippen LogP contribution in [0.3, 0.4) is 0 Å². The largest absolute Gasteiger partial charge is 0.355 e. The van der Waals surface area contributed by atoms with E-state index in [9.17, 15) is 18.0 Å². The molecule has 0 bridgehead atoms. The highest BCUT2D eigenvalue weighted by molar-refractivity contribution is 7.89. The monoisotopic (exact) mass is 397 g/mol. The maximum atomic E-state index is 12.6. The maximum Gasteiger partial charge on any atom is 0.251 e. The van der Waals surface area contributed by atoms with Gasteiger partial charge < -0.3 is 9.88 Å². The van der Waals surface area contributed by atoms with E-state index in [4.69, 9.17) is 0 Å². The molecule has 152 valence electrons. The minimum absolute atomic E-state index is 0.0276. The SMILES string of the molecule is CCN(CC)S(=O)(=O)c1ccc(=O)n(CC(=O)NCCCC2CCCC2)c1. The highest BCUT2D eigenvalue weighted by Crippen LogP contribution is 2.28. The summed E-state index contributed by atoms with van der Waals surface area (Å²) in [6.45, 7) is 4.62. The van der Waals surface area contributed by atoms with Crippen molar-refractivity contribution in [1.82, 2.24) is 14.2 Å². The van der Waals surface area contributed by atoms with Gasteiger partial charge >= 0.3 is 0 Å². The number of hydrogen-bond acceptors (Lipinski definition) is 4. The Morgan fingerprint density at radius 2 is 1.89 bits per heavy atom. The summed E-state index contributed by atoms with van der Waals surface area (Å²) in [7, 11) is -3.66. The molecule has 0 unspecified atom stereocenters. The molecule has 7 nitrogen and oxygen atoms in total. The van der Waals surface area contributed by atoms with Crippen LogP contribution in [0.2, 0.25) is 0 Å². The Balaban J connectivity index is 1.95. The molecule has 1 aromatic rings. The van der Waals surface area contributed by atoms with Crippen molar-refractivity contribution >= 4 is 15.9 Å². The van der Waals surface area contributed by atoms with Gasteiger partial charge in [-0.2, -0.15) is 4.31 Å². The molecule has 27 heavy (non-hydrogen) atoms. The van der Waals surface area contributed by atoms with Crippen LogP contribution in [-0.2, 0) is 21.4 Å². The zero-order valence-corrected chi connectivity index (χ0v) is 17.1. The number of amides is 1. The van der Waals surface area contributed by atoms with E-state index >= 15 is 0 Å². The van der Waals surface area contributed by atoms with Crippen molar-refractivity contribution in [3.8, 4) is 0 Å². The van der Waals surface area contributed by atoms with Crippen molar-refractivity contribution in [2.45, 2.75) is 63.8 Å². The predicted octanol–water partition coefficient (Wildman–Crippen LogP) is 1.97. The molecule has 1 saturated carbocycles. The molecule has 0 saturated heterocycles. The minimum atomic E-state index is -3.66. The maximum absolute atomic E-state index is 12.6. The van der Waals surface area contributed by atoms with Crippen LogP contribution in [0.5, 0.6) is 0 Å². The van der Waals surface area contributed by atoms with Gasteiger partial charge in [0.1, 0.15) is 6.54 Å².